The molecule has 4 rings (SSSR count). The Hall–Kier alpha value is -2.55. The van der Waals surface area contributed by atoms with Crippen molar-refractivity contribution in [1.29, 1.82) is 0 Å². The smallest absolute Gasteiger partial charge is 0.195 e. The summed E-state index contributed by atoms with van der Waals surface area (Å²) < 4.78 is 0. The third-order valence-electron chi connectivity index (χ3n) is 4.52. The number of fused-ring (bicyclic) bond motifs is 4. The van der Waals surface area contributed by atoms with Gasteiger partial charge in [-0.2, -0.15) is 0 Å². The Labute approximate surface area is 122 Å². The van der Waals surface area contributed by atoms with Crippen LogP contribution < -0.4 is 5.73 Å². The molecule has 3 heteroatoms. The summed E-state index contributed by atoms with van der Waals surface area (Å²) in [6.45, 7) is 4.30. The van der Waals surface area contributed by atoms with Gasteiger partial charge in [0.15, 0.2) is 5.78 Å². The minimum Gasteiger partial charge on any atom is -0.399 e. The van der Waals surface area contributed by atoms with E-state index in [-0.39, 0.29) is 11.2 Å². The molecule has 3 aromatic rings. The molecule has 0 bridgehead atoms. The number of ketones is 1. The van der Waals surface area contributed by atoms with Gasteiger partial charge in [-0.1, -0.05) is 38.1 Å². The Morgan fingerprint density at radius 1 is 1.10 bits per heavy atom. The third-order valence-corrected chi connectivity index (χ3v) is 4.52. The van der Waals surface area contributed by atoms with E-state index in [9.17, 15) is 4.79 Å². The number of nitrogens with two attached hydrogens (primary N) is 1. The highest BCUT2D eigenvalue weighted by Crippen LogP contribution is 2.43. The van der Waals surface area contributed by atoms with Gasteiger partial charge in [-0.25, -0.2) is 0 Å². The monoisotopic (exact) mass is 276 g/mol. The summed E-state index contributed by atoms with van der Waals surface area (Å²) in [5.74, 6) is 0.0803. The zero-order chi connectivity index (χ0) is 14.8. The van der Waals surface area contributed by atoms with Crippen LogP contribution in [0.15, 0.2) is 42.5 Å². The van der Waals surface area contributed by atoms with Crippen molar-refractivity contribution in [2.24, 2.45) is 0 Å². The number of anilines is 1. The molecule has 1 aliphatic carbocycles. The van der Waals surface area contributed by atoms with Crippen molar-refractivity contribution < 1.29 is 4.79 Å². The SMILES string of the molecule is CC1(C)c2ccccc2C(=O)c2c1[nH]c1ccc(N)cc21. The van der Waals surface area contributed by atoms with E-state index in [0.29, 0.717) is 5.69 Å². The number of carbonyl (C=O) groups excluding carboxylic acids is 1. The van der Waals surface area contributed by atoms with Crippen LogP contribution in [0.5, 0.6) is 0 Å². The third kappa shape index (κ3) is 1.46. The lowest BCUT2D eigenvalue weighted by Crippen LogP contribution is -2.30. The van der Waals surface area contributed by atoms with Crippen LogP contribution in [-0.4, -0.2) is 10.8 Å². The van der Waals surface area contributed by atoms with Crippen LogP contribution in [0.3, 0.4) is 0 Å². The molecule has 104 valence electrons. The first-order valence-corrected chi connectivity index (χ1v) is 7.06. The normalized spacial score (nSPS) is 15.8. The van der Waals surface area contributed by atoms with Crippen molar-refractivity contribution >= 4 is 22.4 Å². The van der Waals surface area contributed by atoms with Crippen LogP contribution in [0.1, 0.15) is 41.0 Å². The summed E-state index contributed by atoms with van der Waals surface area (Å²) in [6.07, 6.45) is 0. The number of aromatic nitrogens is 1. The van der Waals surface area contributed by atoms with Crippen molar-refractivity contribution in [1.82, 2.24) is 4.98 Å². The van der Waals surface area contributed by atoms with Crippen LogP contribution in [0.4, 0.5) is 5.69 Å². The van der Waals surface area contributed by atoms with Gasteiger partial charge in [0.1, 0.15) is 0 Å². The first-order chi connectivity index (χ1) is 10.00. The first-order valence-electron chi connectivity index (χ1n) is 7.06. The molecule has 0 radical (unpaired) electrons. The van der Waals surface area contributed by atoms with Crippen molar-refractivity contribution in [2.45, 2.75) is 19.3 Å². The average Bonchev–Trinajstić information content (AvgIpc) is 2.85. The molecule has 0 saturated carbocycles. The standard InChI is InChI=1S/C18H16N2O/c1-18(2)13-6-4-3-5-11(13)16(21)15-12-9-10(19)7-8-14(12)20-17(15)18/h3-9,20H,19H2,1-2H3. The largest absolute Gasteiger partial charge is 0.399 e. The number of H-pyrrole nitrogens is 1. The molecule has 0 unspecified atom stereocenters. The topological polar surface area (TPSA) is 58.9 Å². The van der Waals surface area contributed by atoms with E-state index >= 15 is 0 Å². The highest BCUT2D eigenvalue weighted by molar-refractivity contribution is 6.20. The summed E-state index contributed by atoms with van der Waals surface area (Å²) in [7, 11) is 0. The van der Waals surface area contributed by atoms with Gasteiger partial charge in [0, 0.05) is 33.3 Å². The molecular weight excluding hydrogens is 260 g/mol. The number of carbonyl (C=O) groups is 1. The number of benzene rings is 2. The molecule has 1 aromatic heterocycles. The second-order valence-electron chi connectivity index (χ2n) is 6.18. The lowest BCUT2D eigenvalue weighted by Gasteiger charge is -2.31. The maximum atomic E-state index is 12.9. The maximum Gasteiger partial charge on any atom is 0.195 e. The summed E-state index contributed by atoms with van der Waals surface area (Å²) in [5.41, 5.74) is 10.9. The second kappa shape index (κ2) is 3.76. The van der Waals surface area contributed by atoms with Crippen LogP contribution in [0, 0.1) is 0 Å². The molecule has 0 atom stereocenters. The summed E-state index contributed by atoms with van der Waals surface area (Å²) in [5, 5.41) is 0.914. The number of rotatable bonds is 0. The zero-order valence-electron chi connectivity index (χ0n) is 12.0. The highest BCUT2D eigenvalue weighted by Gasteiger charge is 2.39. The van der Waals surface area contributed by atoms with Gasteiger partial charge in [0.05, 0.1) is 5.56 Å². The lowest BCUT2D eigenvalue weighted by atomic mass is 9.71. The Morgan fingerprint density at radius 2 is 1.86 bits per heavy atom. The van der Waals surface area contributed by atoms with Gasteiger partial charge >= 0.3 is 0 Å². The number of nitrogens with one attached hydrogen (secondary N) is 1. The molecule has 0 aliphatic heterocycles. The fourth-order valence-corrected chi connectivity index (χ4v) is 3.41. The van der Waals surface area contributed by atoms with E-state index in [1.54, 1.807) is 0 Å². The Morgan fingerprint density at radius 3 is 2.67 bits per heavy atom. The zero-order valence-corrected chi connectivity index (χ0v) is 12.0. The predicted molar refractivity (Wildman–Crippen MR) is 84.7 cm³/mol. The first kappa shape index (κ1) is 12.2. The summed E-state index contributed by atoms with van der Waals surface area (Å²) >= 11 is 0. The molecule has 3 N–H and O–H groups in total. The highest BCUT2D eigenvalue weighted by atomic mass is 16.1. The fraction of sp³-hybridized carbons (Fsp3) is 0.167. The van der Waals surface area contributed by atoms with Crippen molar-refractivity contribution in [3.8, 4) is 0 Å². The fourth-order valence-electron chi connectivity index (χ4n) is 3.41. The molecule has 3 nitrogen and oxygen atoms in total. The molecule has 0 spiro atoms. The Kier molecular flexibility index (Phi) is 2.18. The summed E-state index contributed by atoms with van der Waals surface area (Å²) in [6, 6.07) is 13.5. The molecule has 21 heavy (non-hydrogen) atoms. The van der Waals surface area contributed by atoms with Crippen LogP contribution >= 0.6 is 0 Å². The van der Waals surface area contributed by atoms with E-state index in [0.717, 1.165) is 33.3 Å². The van der Waals surface area contributed by atoms with E-state index in [1.807, 2.05) is 42.5 Å². The second-order valence-corrected chi connectivity index (χ2v) is 6.18. The number of hydrogen-bond donors (Lipinski definition) is 2. The maximum absolute atomic E-state index is 12.9. The van der Waals surface area contributed by atoms with E-state index in [1.165, 1.54) is 0 Å². The molecule has 1 aliphatic rings. The lowest BCUT2D eigenvalue weighted by molar-refractivity contribution is 0.103. The molecule has 2 aromatic carbocycles. The van der Waals surface area contributed by atoms with Crippen LogP contribution in [-0.2, 0) is 5.41 Å². The Balaban J connectivity index is 2.15. The quantitative estimate of drug-likeness (QED) is 0.616. The summed E-state index contributed by atoms with van der Waals surface area (Å²) in [4.78, 5) is 16.3. The van der Waals surface area contributed by atoms with E-state index in [4.69, 9.17) is 5.73 Å². The van der Waals surface area contributed by atoms with Crippen molar-refractivity contribution in [3.05, 3.63) is 64.8 Å². The molecule has 0 fully saturated rings. The number of hydrogen-bond acceptors (Lipinski definition) is 2. The van der Waals surface area contributed by atoms with E-state index < -0.39 is 0 Å². The Bertz CT molecular complexity index is 903. The van der Waals surface area contributed by atoms with Gasteiger partial charge in [0.2, 0.25) is 0 Å². The minimum absolute atomic E-state index is 0.0803. The van der Waals surface area contributed by atoms with Crippen molar-refractivity contribution in [2.75, 3.05) is 5.73 Å². The predicted octanol–water partition coefficient (Wildman–Crippen LogP) is 3.62. The number of aromatic amines is 1. The van der Waals surface area contributed by atoms with Gasteiger partial charge in [-0.05, 0) is 23.8 Å². The minimum atomic E-state index is -0.229. The van der Waals surface area contributed by atoms with E-state index in [2.05, 4.69) is 18.8 Å². The van der Waals surface area contributed by atoms with Crippen LogP contribution in [0.25, 0.3) is 10.9 Å². The van der Waals surface area contributed by atoms with Gasteiger partial charge < -0.3 is 10.7 Å². The molecular formula is C18H16N2O. The average molecular weight is 276 g/mol. The number of nitrogen functional groups attached to an aromatic ring is 1. The molecule has 1 heterocycles. The van der Waals surface area contributed by atoms with Crippen LogP contribution in [0.2, 0.25) is 0 Å². The molecule has 0 amide bonds. The molecule has 0 saturated heterocycles. The van der Waals surface area contributed by atoms with Crippen molar-refractivity contribution in [3.63, 3.8) is 0 Å². The van der Waals surface area contributed by atoms with Gasteiger partial charge in [-0.3, -0.25) is 4.79 Å². The van der Waals surface area contributed by atoms with Gasteiger partial charge in [-0.15, -0.1) is 0 Å². The van der Waals surface area contributed by atoms with Gasteiger partial charge in [0.25, 0.3) is 0 Å².